The van der Waals surface area contributed by atoms with Crippen molar-refractivity contribution in [2.75, 3.05) is 31.6 Å². The first-order valence-corrected chi connectivity index (χ1v) is 11.4. The third-order valence-electron chi connectivity index (χ3n) is 5.36. The zero-order chi connectivity index (χ0) is 20.9. The van der Waals surface area contributed by atoms with E-state index in [0.29, 0.717) is 32.0 Å². The summed E-state index contributed by atoms with van der Waals surface area (Å²) in [6.07, 6.45) is 0.860. The predicted octanol–water partition coefficient (Wildman–Crippen LogP) is 3.48. The summed E-state index contributed by atoms with van der Waals surface area (Å²) >= 11 is 0. The van der Waals surface area contributed by atoms with Gasteiger partial charge in [-0.25, -0.2) is 8.42 Å². The van der Waals surface area contributed by atoms with E-state index in [1.807, 2.05) is 30.3 Å². The summed E-state index contributed by atoms with van der Waals surface area (Å²) in [5, 5.41) is 2.92. The summed E-state index contributed by atoms with van der Waals surface area (Å²) in [5.41, 5.74) is 1.44. The first kappa shape index (κ1) is 21.5. The van der Waals surface area contributed by atoms with Gasteiger partial charge in [-0.3, -0.25) is 4.79 Å². The molecule has 1 saturated heterocycles. The molecular weight excluding hydrogens is 388 g/mol. The third kappa shape index (κ3) is 5.04. The van der Waals surface area contributed by atoms with Gasteiger partial charge in [-0.15, -0.1) is 0 Å². The number of hydrogen-bond donors (Lipinski definition) is 1. The SMILES string of the molecule is CC[C@H](C)[C@@H](C(=O)Nc1cccc(S(=O)(=O)N2CCOCC2)c1)c1ccccc1. The Kier molecular flexibility index (Phi) is 7.05. The quantitative estimate of drug-likeness (QED) is 0.750. The molecule has 2 atom stereocenters. The van der Waals surface area contributed by atoms with Gasteiger partial charge in [-0.05, 0) is 29.7 Å². The Morgan fingerprint density at radius 2 is 1.79 bits per heavy atom. The van der Waals surface area contributed by atoms with Gasteiger partial charge in [0.2, 0.25) is 15.9 Å². The van der Waals surface area contributed by atoms with E-state index in [2.05, 4.69) is 19.2 Å². The molecule has 0 saturated carbocycles. The van der Waals surface area contributed by atoms with Crippen LogP contribution < -0.4 is 5.32 Å². The van der Waals surface area contributed by atoms with Crippen LogP contribution in [0.25, 0.3) is 0 Å². The number of sulfonamides is 1. The molecule has 3 rings (SSSR count). The molecule has 1 aliphatic heterocycles. The molecular formula is C22H28N2O4S. The van der Waals surface area contributed by atoms with Crippen molar-refractivity contribution in [3.05, 3.63) is 60.2 Å². The zero-order valence-electron chi connectivity index (χ0n) is 16.9. The highest BCUT2D eigenvalue weighted by atomic mass is 32.2. The maximum absolute atomic E-state index is 13.1. The molecule has 0 radical (unpaired) electrons. The van der Waals surface area contributed by atoms with Gasteiger partial charge in [0.25, 0.3) is 0 Å². The molecule has 2 aromatic rings. The molecule has 0 bridgehead atoms. The number of morpholine rings is 1. The van der Waals surface area contributed by atoms with E-state index in [0.717, 1.165) is 12.0 Å². The van der Waals surface area contributed by atoms with Crippen LogP contribution >= 0.6 is 0 Å². The Bertz CT molecular complexity index is 925. The Morgan fingerprint density at radius 3 is 2.45 bits per heavy atom. The first-order valence-electron chi connectivity index (χ1n) is 9.97. The van der Waals surface area contributed by atoms with E-state index in [-0.39, 0.29) is 22.6 Å². The normalized spacial score (nSPS) is 17.4. The van der Waals surface area contributed by atoms with Crippen LogP contribution in [0.4, 0.5) is 5.69 Å². The van der Waals surface area contributed by atoms with Crippen molar-refractivity contribution >= 4 is 21.6 Å². The summed E-state index contributed by atoms with van der Waals surface area (Å²) in [4.78, 5) is 13.3. The van der Waals surface area contributed by atoms with Crippen LogP contribution in [-0.2, 0) is 19.6 Å². The van der Waals surface area contributed by atoms with Crippen molar-refractivity contribution in [3.63, 3.8) is 0 Å². The van der Waals surface area contributed by atoms with E-state index in [1.54, 1.807) is 18.2 Å². The molecule has 0 aliphatic carbocycles. The van der Waals surface area contributed by atoms with Gasteiger partial charge in [0.05, 0.1) is 24.0 Å². The van der Waals surface area contributed by atoms with Crippen molar-refractivity contribution in [3.8, 4) is 0 Å². The summed E-state index contributed by atoms with van der Waals surface area (Å²) in [7, 11) is -3.61. The number of amides is 1. The second-order valence-corrected chi connectivity index (χ2v) is 9.25. The largest absolute Gasteiger partial charge is 0.379 e. The maximum atomic E-state index is 13.1. The molecule has 0 unspecified atom stereocenters. The van der Waals surface area contributed by atoms with Gasteiger partial charge >= 0.3 is 0 Å². The van der Waals surface area contributed by atoms with Crippen molar-refractivity contribution in [2.45, 2.75) is 31.1 Å². The molecule has 7 heteroatoms. The van der Waals surface area contributed by atoms with Crippen LogP contribution in [0.5, 0.6) is 0 Å². The van der Waals surface area contributed by atoms with Crippen LogP contribution in [0.15, 0.2) is 59.5 Å². The molecule has 29 heavy (non-hydrogen) atoms. The molecule has 1 N–H and O–H groups in total. The number of rotatable bonds is 7. The van der Waals surface area contributed by atoms with E-state index in [1.165, 1.54) is 10.4 Å². The molecule has 6 nitrogen and oxygen atoms in total. The molecule has 2 aromatic carbocycles. The highest BCUT2D eigenvalue weighted by Gasteiger charge is 2.28. The van der Waals surface area contributed by atoms with Gasteiger partial charge in [0.15, 0.2) is 0 Å². The predicted molar refractivity (Wildman–Crippen MR) is 113 cm³/mol. The Morgan fingerprint density at radius 1 is 1.10 bits per heavy atom. The van der Waals surface area contributed by atoms with E-state index in [4.69, 9.17) is 4.74 Å². The number of carbonyl (C=O) groups is 1. The summed E-state index contributed by atoms with van der Waals surface area (Å²) in [6, 6.07) is 16.1. The topological polar surface area (TPSA) is 75.7 Å². The van der Waals surface area contributed by atoms with Gasteiger partial charge < -0.3 is 10.1 Å². The van der Waals surface area contributed by atoms with Gasteiger partial charge in [0.1, 0.15) is 0 Å². The zero-order valence-corrected chi connectivity index (χ0v) is 17.7. The fourth-order valence-corrected chi connectivity index (χ4v) is 4.98. The molecule has 1 heterocycles. The highest BCUT2D eigenvalue weighted by Crippen LogP contribution is 2.29. The average molecular weight is 417 g/mol. The van der Waals surface area contributed by atoms with Crippen LogP contribution in [0, 0.1) is 5.92 Å². The molecule has 0 aromatic heterocycles. The number of anilines is 1. The summed E-state index contributed by atoms with van der Waals surface area (Å²) in [6.45, 7) is 5.57. The number of hydrogen-bond acceptors (Lipinski definition) is 4. The molecule has 1 fully saturated rings. The van der Waals surface area contributed by atoms with Gasteiger partial charge in [0, 0.05) is 18.8 Å². The number of nitrogens with zero attached hydrogens (tertiary/aromatic N) is 1. The third-order valence-corrected chi connectivity index (χ3v) is 7.26. The monoisotopic (exact) mass is 416 g/mol. The Hall–Kier alpha value is -2.22. The van der Waals surface area contributed by atoms with Gasteiger partial charge in [-0.1, -0.05) is 56.7 Å². The van der Waals surface area contributed by atoms with Crippen molar-refractivity contribution in [2.24, 2.45) is 5.92 Å². The molecule has 0 spiro atoms. The second-order valence-electron chi connectivity index (χ2n) is 7.31. The molecule has 1 aliphatic rings. The number of nitrogens with one attached hydrogen (secondary N) is 1. The molecule has 156 valence electrons. The summed E-state index contributed by atoms with van der Waals surface area (Å²) in [5.74, 6) is -0.287. The van der Waals surface area contributed by atoms with E-state index in [9.17, 15) is 13.2 Å². The minimum atomic E-state index is -3.61. The van der Waals surface area contributed by atoms with Crippen molar-refractivity contribution in [1.82, 2.24) is 4.31 Å². The van der Waals surface area contributed by atoms with Crippen molar-refractivity contribution in [1.29, 1.82) is 0 Å². The summed E-state index contributed by atoms with van der Waals surface area (Å²) < 4.78 is 32.5. The fraction of sp³-hybridized carbons (Fsp3) is 0.409. The van der Waals surface area contributed by atoms with Crippen LogP contribution in [0.3, 0.4) is 0 Å². The Balaban J connectivity index is 1.82. The lowest BCUT2D eigenvalue weighted by Crippen LogP contribution is -2.40. The molecule has 1 amide bonds. The highest BCUT2D eigenvalue weighted by molar-refractivity contribution is 7.89. The van der Waals surface area contributed by atoms with Crippen LogP contribution in [0.2, 0.25) is 0 Å². The number of carbonyl (C=O) groups excluding carboxylic acids is 1. The van der Waals surface area contributed by atoms with E-state index >= 15 is 0 Å². The minimum Gasteiger partial charge on any atom is -0.379 e. The number of ether oxygens (including phenoxy) is 1. The lowest BCUT2D eigenvalue weighted by atomic mass is 9.85. The first-order chi connectivity index (χ1) is 13.9. The minimum absolute atomic E-state index is 0.133. The maximum Gasteiger partial charge on any atom is 0.243 e. The lowest BCUT2D eigenvalue weighted by Gasteiger charge is -2.26. The van der Waals surface area contributed by atoms with Crippen molar-refractivity contribution < 1.29 is 17.9 Å². The Labute approximate surface area is 172 Å². The standard InChI is InChI=1S/C22H28N2O4S/c1-3-17(2)21(18-8-5-4-6-9-18)22(25)23-19-10-7-11-20(16-19)29(26,27)24-12-14-28-15-13-24/h4-11,16-17,21H,3,12-15H2,1-2H3,(H,23,25)/t17-,21+/m0/s1. The van der Waals surface area contributed by atoms with E-state index < -0.39 is 10.0 Å². The van der Waals surface area contributed by atoms with Gasteiger partial charge in [-0.2, -0.15) is 4.31 Å². The second kappa shape index (κ2) is 9.52. The van der Waals surface area contributed by atoms with Crippen LogP contribution in [0.1, 0.15) is 31.7 Å². The lowest BCUT2D eigenvalue weighted by molar-refractivity contribution is -0.118. The fourth-order valence-electron chi connectivity index (χ4n) is 3.52. The van der Waals surface area contributed by atoms with Crippen LogP contribution in [-0.4, -0.2) is 44.9 Å². The average Bonchev–Trinajstić information content (AvgIpc) is 2.75. The smallest absolute Gasteiger partial charge is 0.243 e. The number of benzene rings is 2.